The van der Waals surface area contributed by atoms with E-state index in [0.29, 0.717) is 601 Å². The van der Waals surface area contributed by atoms with E-state index in [1.807, 2.05) is 20.8 Å². The minimum atomic E-state index is -3.10. The van der Waals surface area contributed by atoms with Crippen LogP contribution in [0.5, 0.6) is 0 Å². The Kier molecular flexibility index (Phi) is 132. The summed E-state index contributed by atoms with van der Waals surface area (Å²) in [5.41, 5.74) is -0.00938. The van der Waals surface area contributed by atoms with Gasteiger partial charge in [-0.05, 0) is 11.8 Å². The summed E-state index contributed by atoms with van der Waals surface area (Å²) < 4.78 is 278. The Morgan fingerprint density at radius 1 is 0.108 bits per heavy atom. The largest absolute Gasteiger partial charge is 0.382 e. The molecule has 0 aliphatic rings. The fraction of sp³-hybridized carbons (Fsp3) is 1.00. The van der Waals surface area contributed by atoms with Gasteiger partial charge in [0.05, 0.1) is 613 Å². The normalized spacial score (nSPS) is 12.1. The van der Waals surface area contributed by atoms with Crippen LogP contribution in [0.25, 0.3) is 0 Å². The van der Waals surface area contributed by atoms with Gasteiger partial charge in [0.25, 0.3) is 0 Å². The lowest BCUT2D eigenvalue weighted by Gasteiger charge is -2.17. The minimum Gasteiger partial charge on any atom is -0.382 e. The highest BCUT2D eigenvalue weighted by Crippen LogP contribution is 2.19. The maximum atomic E-state index is 12.1. The lowest BCUT2D eigenvalue weighted by molar-refractivity contribution is -0.0329. The highest BCUT2D eigenvalue weighted by atomic mass is 32.2. The maximum absolute atomic E-state index is 12.1. The molecule has 0 aromatic heterocycles. The highest BCUT2D eigenvalue weighted by Gasteiger charge is 2.18. The zero-order chi connectivity index (χ0) is 106. The molecule has 0 saturated heterocycles. The first-order chi connectivity index (χ1) is 73.3. The Bertz CT molecular complexity index is 2260. The smallest absolute Gasteiger partial charge is 0.152 e. The van der Waals surface area contributed by atoms with Gasteiger partial charge in [-0.15, -0.1) is 0 Å². The third-order valence-corrected chi connectivity index (χ3v) is 20.1. The number of ether oxygens (including phenoxy) is 46. The Labute approximate surface area is 884 Å². The summed E-state index contributed by atoms with van der Waals surface area (Å²) in [5.74, 6) is 0.213. The van der Waals surface area contributed by atoms with E-state index in [-0.39, 0.29) is 23.5 Å². The number of methoxy groups -OCH3 is 1. The minimum absolute atomic E-state index is 0.00938. The van der Waals surface area contributed by atoms with E-state index in [2.05, 4.69) is 0 Å². The number of rotatable bonds is 140. The Morgan fingerprint density at radius 2 is 0.176 bits per heavy atom. The van der Waals surface area contributed by atoms with Crippen LogP contribution >= 0.6 is 0 Å². The Morgan fingerprint density at radius 3 is 0.243 bits per heavy atom. The summed E-state index contributed by atoms with van der Waals surface area (Å²) in [5, 5.41) is 0. The maximum Gasteiger partial charge on any atom is 0.152 e. The van der Waals surface area contributed by atoms with Gasteiger partial charge in [-0.2, -0.15) is 0 Å². The zero-order valence-electron chi connectivity index (χ0n) is 91.0. The number of hydrogen-bond donors (Lipinski definition) is 0. The molecule has 0 aromatic rings. The predicted molar refractivity (Wildman–Crippen MR) is 541 cm³/mol. The molecule has 0 rings (SSSR count). The summed E-state index contributed by atoms with van der Waals surface area (Å²) in [7, 11) is -1.45. The van der Waals surface area contributed by atoms with Crippen molar-refractivity contribution in [1.82, 2.24) is 0 Å². The molecular weight excluding hydrogens is 1990 g/mol. The van der Waals surface area contributed by atoms with Crippen molar-refractivity contribution >= 4 is 9.84 Å². The van der Waals surface area contributed by atoms with Crippen molar-refractivity contribution in [3.63, 3.8) is 0 Å². The van der Waals surface area contributed by atoms with Crippen molar-refractivity contribution in [3.05, 3.63) is 0 Å². The third kappa shape index (κ3) is 140. The fourth-order valence-corrected chi connectivity index (χ4v) is 12.2. The number of sulfone groups is 1. The van der Waals surface area contributed by atoms with Crippen LogP contribution in [0, 0.1) is 5.41 Å². The average molecular weight is 2190 g/mol. The molecule has 0 N–H and O–H groups in total. The molecule has 0 radical (unpaired) electrons. The molecular formula is C99H200O48S. The summed E-state index contributed by atoms with van der Waals surface area (Å²) in [6.45, 7) is 49.0. The van der Waals surface area contributed by atoms with Crippen molar-refractivity contribution in [2.24, 2.45) is 5.41 Å². The Balaban J connectivity index is 3.12. The van der Waals surface area contributed by atoms with E-state index >= 15 is 0 Å². The second-order valence-corrected chi connectivity index (χ2v) is 34.3. The van der Waals surface area contributed by atoms with E-state index in [1.54, 1.807) is 7.11 Å². The molecule has 0 aliphatic carbocycles. The lowest BCUT2D eigenvalue weighted by atomic mass is 9.94. The number of hydrogen-bond acceptors (Lipinski definition) is 48. The first-order valence-electron chi connectivity index (χ1n) is 52.9. The molecule has 48 nitrogen and oxygen atoms in total. The molecule has 0 spiro atoms. The topological polar surface area (TPSA) is 459 Å². The van der Waals surface area contributed by atoms with Crippen LogP contribution in [0.3, 0.4) is 0 Å². The molecule has 890 valence electrons. The van der Waals surface area contributed by atoms with Crippen LogP contribution in [0.15, 0.2) is 0 Å². The molecule has 0 fully saturated rings. The van der Waals surface area contributed by atoms with Gasteiger partial charge in [-0.3, -0.25) is 0 Å². The van der Waals surface area contributed by atoms with Crippen LogP contribution in [-0.2, 0) is 228 Å². The molecule has 0 heterocycles. The van der Waals surface area contributed by atoms with E-state index < -0.39 is 9.84 Å². The zero-order valence-corrected chi connectivity index (χ0v) is 91.8. The van der Waals surface area contributed by atoms with Gasteiger partial charge < -0.3 is 218 Å². The van der Waals surface area contributed by atoms with E-state index in [1.165, 1.54) is 0 Å². The molecule has 0 unspecified atom stereocenters. The van der Waals surface area contributed by atoms with Crippen LogP contribution in [-0.4, -0.2) is 628 Å². The molecule has 0 saturated carbocycles. The molecule has 0 aliphatic heterocycles. The lowest BCUT2D eigenvalue weighted by Crippen LogP contribution is -2.20. The summed E-state index contributed by atoms with van der Waals surface area (Å²) in [4.78, 5) is 0. The third-order valence-electron chi connectivity index (χ3n) is 18.5. The van der Waals surface area contributed by atoms with Gasteiger partial charge in [-0.25, -0.2) is 8.42 Å². The van der Waals surface area contributed by atoms with Crippen molar-refractivity contribution in [3.8, 4) is 0 Å². The molecule has 0 aromatic carbocycles. The highest BCUT2D eigenvalue weighted by molar-refractivity contribution is 7.91. The van der Waals surface area contributed by atoms with Gasteiger partial charge in [0.2, 0.25) is 0 Å². The van der Waals surface area contributed by atoms with E-state index in [4.69, 9.17) is 218 Å². The molecule has 0 amide bonds. The first-order valence-corrected chi connectivity index (χ1v) is 54.8. The van der Waals surface area contributed by atoms with Crippen molar-refractivity contribution in [2.75, 3.05) is 620 Å². The quantitative estimate of drug-likeness (QED) is 0.0788. The van der Waals surface area contributed by atoms with E-state index in [9.17, 15) is 8.42 Å². The average Bonchev–Trinajstić information content (AvgIpc) is 0.908. The summed E-state index contributed by atoms with van der Waals surface area (Å²) in [6, 6.07) is 0. The summed E-state index contributed by atoms with van der Waals surface area (Å²) >= 11 is 0. The monoisotopic (exact) mass is 2190 g/mol. The molecule has 148 heavy (non-hydrogen) atoms. The molecule has 0 bridgehead atoms. The second kappa shape index (κ2) is 134. The van der Waals surface area contributed by atoms with Gasteiger partial charge in [-0.1, -0.05) is 20.8 Å². The van der Waals surface area contributed by atoms with Crippen LogP contribution in [0.1, 0.15) is 27.2 Å². The van der Waals surface area contributed by atoms with Crippen LogP contribution in [0.4, 0.5) is 0 Å². The SMILES string of the molecule is COCCOCCOCCOCCOCCOCCOCCOCCOCCOCCOCCOCCOCCOCCOCCOCCOCCOCCOCCOCCOCCOCCOCCOCCOCCOCCOCCOCCOCCOCCOCCOCCOCCOCCOCCOCCOCCOCCOCCOCCOCCOCCOCCOCCOCCOCCS(=O)(=O)CCC(C)(C)C. The second-order valence-electron chi connectivity index (χ2n) is 32.0. The van der Waals surface area contributed by atoms with Crippen molar-refractivity contribution in [2.45, 2.75) is 27.2 Å². The van der Waals surface area contributed by atoms with Crippen molar-refractivity contribution < 1.29 is 226 Å². The van der Waals surface area contributed by atoms with Gasteiger partial charge >= 0.3 is 0 Å². The van der Waals surface area contributed by atoms with Gasteiger partial charge in [0, 0.05) is 7.11 Å². The molecule has 49 heteroatoms. The predicted octanol–water partition coefficient (Wildman–Crippen LogP) is 2.23. The van der Waals surface area contributed by atoms with Gasteiger partial charge in [0.1, 0.15) is 0 Å². The van der Waals surface area contributed by atoms with E-state index in [0.717, 1.165) is 0 Å². The fourth-order valence-electron chi connectivity index (χ4n) is 10.7. The Hall–Kier alpha value is -1.89. The first kappa shape index (κ1) is 146. The molecule has 0 atom stereocenters. The van der Waals surface area contributed by atoms with Crippen LogP contribution < -0.4 is 0 Å². The standard InChI is InChI=1S/C99H200O48S/c1-99(2,3)5-97-148(100,101)98-96-147-95-94-146-93-92-145-91-90-144-89-88-143-87-86-142-85-84-141-83-82-140-81-80-139-79-78-138-77-76-137-75-74-136-73-72-135-71-70-134-69-68-133-67-66-132-65-64-131-63-62-130-61-60-129-59-58-128-57-56-127-55-54-126-53-52-125-51-50-124-49-48-123-47-46-122-45-44-121-43-42-120-41-40-119-39-38-118-37-36-117-35-34-116-33-32-115-31-30-114-29-28-113-27-26-112-25-24-111-23-22-110-21-20-109-19-18-108-17-16-107-15-14-106-13-12-105-11-10-104-9-8-103-7-6-102-4/h5-98H2,1-4H3. The van der Waals surface area contributed by atoms with Crippen molar-refractivity contribution in [1.29, 1.82) is 0 Å². The summed E-state index contributed by atoms with van der Waals surface area (Å²) in [6.07, 6.45) is 0.634. The van der Waals surface area contributed by atoms with Gasteiger partial charge in [0.15, 0.2) is 9.84 Å². The van der Waals surface area contributed by atoms with Crippen LogP contribution in [0.2, 0.25) is 0 Å².